The fraction of sp³-hybridized carbons (Fsp3) is 0.500. The zero-order valence-corrected chi connectivity index (χ0v) is 12.5. The van der Waals surface area contributed by atoms with Crippen LogP contribution in [0.4, 0.5) is 0 Å². The maximum absolute atomic E-state index is 9.98. The Kier molecular flexibility index (Phi) is 5.40. The predicted molar refractivity (Wildman–Crippen MR) is 83.8 cm³/mol. The monoisotopic (exact) mass is 295 g/mol. The maximum Gasteiger partial charge on any atom is 0.191 e. The first-order valence-corrected chi connectivity index (χ1v) is 7.85. The zero-order valence-electron chi connectivity index (χ0n) is 11.7. The summed E-state index contributed by atoms with van der Waals surface area (Å²) in [4.78, 5) is 6.51. The first-order valence-electron chi connectivity index (χ1n) is 6.70. The number of nitrogens with zero attached hydrogens (tertiary/aromatic N) is 2. The van der Waals surface area contributed by atoms with E-state index in [9.17, 15) is 5.11 Å². The summed E-state index contributed by atoms with van der Waals surface area (Å²) in [7, 11) is 1.54. The van der Waals surface area contributed by atoms with Crippen LogP contribution in [0.25, 0.3) is 0 Å². The fourth-order valence-corrected chi connectivity index (χ4v) is 3.02. The molecule has 0 spiro atoms. The van der Waals surface area contributed by atoms with E-state index >= 15 is 0 Å². The van der Waals surface area contributed by atoms with E-state index in [2.05, 4.69) is 9.89 Å². The molecule has 1 heterocycles. The Balaban J connectivity index is 1.91. The van der Waals surface area contributed by atoms with Crippen molar-refractivity contribution in [2.24, 2.45) is 10.7 Å². The van der Waals surface area contributed by atoms with Crippen LogP contribution in [0.1, 0.15) is 5.56 Å². The number of phenolic OH excluding ortho intramolecular Hbond substituents is 1. The lowest BCUT2D eigenvalue weighted by Gasteiger charge is -2.27. The molecule has 0 radical (unpaired) electrons. The molecule has 0 unspecified atom stereocenters. The predicted octanol–water partition coefficient (Wildman–Crippen LogP) is 1.31. The number of aliphatic imine (C=N–C) groups is 1. The van der Waals surface area contributed by atoms with Crippen molar-refractivity contribution in [2.75, 3.05) is 38.2 Å². The molecule has 0 saturated carbocycles. The molecule has 2 rings (SSSR count). The second-order valence-electron chi connectivity index (χ2n) is 4.56. The number of ether oxygens (including phenoxy) is 1. The van der Waals surface area contributed by atoms with E-state index in [4.69, 9.17) is 10.5 Å². The quantitative estimate of drug-likeness (QED) is 0.647. The Hall–Kier alpha value is -1.56. The number of phenols is 1. The van der Waals surface area contributed by atoms with Crippen LogP contribution < -0.4 is 10.5 Å². The van der Waals surface area contributed by atoms with Crippen LogP contribution in [0.3, 0.4) is 0 Å². The van der Waals surface area contributed by atoms with Gasteiger partial charge in [0.05, 0.1) is 7.11 Å². The number of rotatable bonds is 4. The third-order valence-corrected chi connectivity index (χ3v) is 4.23. The molecule has 20 heavy (non-hydrogen) atoms. The highest BCUT2D eigenvalue weighted by Crippen LogP contribution is 2.29. The van der Waals surface area contributed by atoms with Crippen molar-refractivity contribution >= 4 is 17.7 Å². The van der Waals surface area contributed by atoms with Gasteiger partial charge in [0.25, 0.3) is 0 Å². The van der Waals surface area contributed by atoms with E-state index in [-0.39, 0.29) is 5.75 Å². The summed E-state index contributed by atoms with van der Waals surface area (Å²) < 4.78 is 5.09. The molecule has 3 N–H and O–H groups in total. The first-order chi connectivity index (χ1) is 9.72. The van der Waals surface area contributed by atoms with Crippen molar-refractivity contribution < 1.29 is 9.84 Å². The highest BCUT2D eigenvalue weighted by molar-refractivity contribution is 7.99. The second kappa shape index (κ2) is 7.28. The van der Waals surface area contributed by atoms with Gasteiger partial charge in [0.15, 0.2) is 17.5 Å². The summed E-state index contributed by atoms with van der Waals surface area (Å²) in [5.74, 6) is 3.50. The molecule has 0 amide bonds. The number of methoxy groups -OCH3 is 1. The van der Waals surface area contributed by atoms with E-state index in [1.54, 1.807) is 13.2 Å². The molecule has 5 nitrogen and oxygen atoms in total. The van der Waals surface area contributed by atoms with E-state index in [1.165, 1.54) is 0 Å². The van der Waals surface area contributed by atoms with Gasteiger partial charge in [0.2, 0.25) is 0 Å². The molecular weight excluding hydrogens is 274 g/mol. The molecule has 1 aliphatic rings. The lowest BCUT2D eigenvalue weighted by atomic mass is 10.1. The summed E-state index contributed by atoms with van der Waals surface area (Å²) in [6.45, 7) is 2.49. The lowest BCUT2D eigenvalue weighted by Crippen LogP contribution is -2.42. The van der Waals surface area contributed by atoms with Crippen LogP contribution in [0.2, 0.25) is 0 Å². The molecule has 1 fully saturated rings. The minimum atomic E-state index is 0.193. The summed E-state index contributed by atoms with van der Waals surface area (Å²) in [6, 6.07) is 5.48. The number of hydrogen-bond acceptors (Lipinski definition) is 4. The van der Waals surface area contributed by atoms with Crippen LogP contribution >= 0.6 is 11.8 Å². The van der Waals surface area contributed by atoms with Gasteiger partial charge in [-0.05, 0) is 18.1 Å². The second-order valence-corrected chi connectivity index (χ2v) is 5.78. The normalized spacial score (nSPS) is 16.2. The van der Waals surface area contributed by atoms with E-state index in [0.29, 0.717) is 24.7 Å². The van der Waals surface area contributed by atoms with Gasteiger partial charge in [0, 0.05) is 31.1 Å². The molecule has 0 aliphatic carbocycles. The molecule has 1 saturated heterocycles. The summed E-state index contributed by atoms with van der Waals surface area (Å²) in [5, 5.41) is 9.98. The zero-order chi connectivity index (χ0) is 14.4. The van der Waals surface area contributed by atoms with Crippen molar-refractivity contribution in [1.29, 1.82) is 0 Å². The third kappa shape index (κ3) is 3.72. The van der Waals surface area contributed by atoms with Crippen molar-refractivity contribution in [1.82, 2.24) is 4.90 Å². The van der Waals surface area contributed by atoms with Crippen molar-refractivity contribution in [2.45, 2.75) is 6.42 Å². The topological polar surface area (TPSA) is 71.1 Å². The van der Waals surface area contributed by atoms with Crippen LogP contribution in [0, 0.1) is 0 Å². The van der Waals surface area contributed by atoms with Crippen molar-refractivity contribution in [3.8, 4) is 11.5 Å². The van der Waals surface area contributed by atoms with Gasteiger partial charge in [-0.15, -0.1) is 0 Å². The van der Waals surface area contributed by atoms with E-state index < -0.39 is 0 Å². The molecule has 110 valence electrons. The number of thioether (sulfide) groups is 1. The lowest BCUT2D eigenvalue weighted by molar-refractivity contribution is 0.370. The third-order valence-electron chi connectivity index (χ3n) is 3.29. The average Bonchev–Trinajstić information content (AvgIpc) is 2.49. The summed E-state index contributed by atoms with van der Waals surface area (Å²) in [6.07, 6.45) is 0.645. The Morgan fingerprint density at radius 2 is 2.20 bits per heavy atom. The maximum atomic E-state index is 9.98. The minimum Gasteiger partial charge on any atom is -0.504 e. The number of benzene rings is 1. The standard InChI is InChI=1S/C14H21N3O2S/c1-19-12-4-2-3-11(13(12)18)5-6-16-14(15)17-7-9-20-10-8-17/h2-4,18H,5-10H2,1H3,(H2,15,16). The van der Waals surface area contributed by atoms with Gasteiger partial charge >= 0.3 is 0 Å². The van der Waals surface area contributed by atoms with Gasteiger partial charge < -0.3 is 20.5 Å². The molecule has 0 aromatic heterocycles. The highest BCUT2D eigenvalue weighted by Gasteiger charge is 2.12. The van der Waals surface area contributed by atoms with Gasteiger partial charge in [-0.3, -0.25) is 4.99 Å². The number of guanidine groups is 1. The Labute approximate surface area is 123 Å². The molecule has 1 aromatic carbocycles. The van der Waals surface area contributed by atoms with Crippen LogP contribution in [0.5, 0.6) is 11.5 Å². The van der Waals surface area contributed by atoms with Crippen LogP contribution in [-0.2, 0) is 6.42 Å². The molecule has 1 aliphatic heterocycles. The largest absolute Gasteiger partial charge is 0.504 e. The van der Waals surface area contributed by atoms with Crippen LogP contribution in [0.15, 0.2) is 23.2 Å². The average molecular weight is 295 g/mol. The highest BCUT2D eigenvalue weighted by atomic mass is 32.2. The minimum absolute atomic E-state index is 0.193. The molecule has 1 aromatic rings. The molecule has 0 bridgehead atoms. The number of para-hydroxylation sites is 1. The van der Waals surface area contributed by atoms with Crippen molar-refractivity contribution in [3.63, 3.8) is 0 Å². The Morgan fingerprint density at radius 3 is 2.90 bits per heavy atom. The van der Waals surface area contributed by atoms with E-state index in [0.717, 1.165) is 30.2 Å². The molecular formula is C14H21N3O2S. The van der Waals surface area contributed by atoms with E-state index in [1.807, 2.05) is 23.9 Å². The Bertz CT molecular complexity index is 473. The summed E-state index contributed by atoms with van der Waals surface area (Å²) in [5.41, 5.74) is 6.81. The first kappa shape index (κ1) is 14.8. The van der Waals surface area contributed by atoms with Gasteiger partial charge in [-0.2, -0.15) is 11.8 Å². The van der Waals surface area contributed by atoms with Gasteiger partial charge in [-0.25, -0.2) is 0 Å². The smallest absolute Gasteiger partial charge is 0.191 e. The number of hydrogen-bond donors (Lipinski definition) is 2. The number of aromatic hydroxyl groups is 1. The van der Waals surface area contributed by atoms with Crippen LogP contribution in [-0.4, -0.2) is 54.2 Å². The molecule has 6 heteroatoms. The summed E-state index contributed by atoms with van der Waals surface area (Å²) >= 11 is 1.94. The SMILES string of the molecule is COc1cccc(CCN=C(N)N2CCSCC2)c1O. The molecule has 0 atom stereocenters. The fourth-order valence-electron chi connectivity index (χ4n) is 2.12. The van der Waals surface area contributed by atoms with Gasteiger partial charge in [0.1, 0.15) is 0 Å². The Morgan fingerprint density at radius 1 is 1.45 bits per heavy atom. The van der Waals surface area contributed by atoms with Gasteiger partial charge in [-0.1, -0.05) is 12.1 Å². The number of nitrogens with two attached hydrogens (primary N) is 1. The van der Waals surface area contributed by atoms with Crippen molar-refractivity contribution in [3.05, 3.63) is 23.8 Å².